The Hall–Kier alpha value is -4.09. The molecule has 0 spiro atoms. The summed E-state index contributed by atoms with van der Waals surface area (Å²) in [5.74, 6) is -0.679. The molecule has 0 bridgehead atoms. The zero-order valence-corrected chi connectivity index (χ0v) is 15.6. The van der Waals surface area contributed by atoms with Gasteiger partial charge in [0.05, 0.1) is 0 Å². The van der Waals surface area contributed by atoms with Crippen LogP contribution in [0.2, 0.25) is 0 Å². The molecule has 0 aliphatic carbocycles. The number of anilines is 1. The molecule has 2 heterocycles. The van der Waals surface area contributed by atoms with Crippen molar-refractivity contribution in [2.45, 2.75) is 0 Å². The van der Waals surface area contributed by atoms with Crippen LogP contribution >= 0.6 is 11.3 Å². The number of furan rings is 1. The number of amides is 1. The monoisotopic (exact) mass is 403 g/mol. The van der Waals surface area contributed by atoms with Crippen molar-refractivity contribution in [3.63, 3.8) is 0 Å². The number of nitrogens with one attached hydrogen (secondary N) is 1. The normalized spacial score (nSPS) is 11.3. The Kier molecular flexibility index (Phi) is 4.73. The van der Waals surface area contributed by atoms with E-state index in [2.05, 4.69) is 10.3 Å². The predicted molar refractivity (Wildman–Crippen MR) is 109 cm³/mol. The van der Waals surface area contributed by atoms with Crippen molar-refractivity contribution in [2.24, 2.45) is 0 Å². The fourth-order valence-electron chi connectivity index (χ4n) is 2.66. The van der Waals surface area contributed by atoms with E-state index in [0.717, 1.165) is 11.0 Å². The van der Waals surface area contributed by atoms with E-state index in [9.17, 15) is 20.3 Å². The fourth-order valence-corrected chi connectivity index (χ4v) is 3.36. The van der Waals surface area contributed by atoms with Crippen molar-refractivity contribution in [2.75, 3.05) is 5.32 Å². The maximum atomic E-state index is 12.4. The van der Waals surface area contributed by atoms with Crippen molar-refractivity contribution < 1.29 is 19.4 Å². The van der Waals surface area contributed by atoms with Gasteiger partial charge in [0.2, 0.25) is 0 Å². The summed E-state index contributed by atoms with van der Waals surface area (Å²) in [5, 5.41) is 33.8. The number of nitriles is 1. The molecule has 0 saturated heterocycles. The van der Waals surface area contributed by atoms with E-state index in [0.29, 0.717) is 22.1 Å². The number of hydrogen-bond donors (Lipinski definition) is 3. The van der Waals surface area contributed by atoms with Crippen LogP contribution in [0, 0.1) is 11.3 Å². The van der Waals surface area contributed by atoms with Crippen LogP contribution in [0.15, 0.2) is 63.9 Å². The van der Waals surface area contributed by atoms with Crippen molar-refractivity contribution >= 4 is 39.4 Å². The first-order chi connectivity index (χ1) is 14.0. The second kappa shape index (κ2) is 7.50. The molecule has 4 aromatic rings. The van der Waals surface area contributed by atoms with E-state index in [4.69, 9.17) is 4.42 Å². The zero-order valence-electron chi connectivity index (χ0n) is 14.8. The molecule has 1 amide bonds. The molecule has 0 saturated carbocycles. The zero-order chi connectivity index (χ0) is 20.4. The van der Waals surface area contributed by atoms with Gasteiger partial charge in [-0.25, -0.2) is 4.98 Å². The van der Waals surface area contributed by atoms with Gasteiger partial charge in [-0.15, -0.1) is 11.3 Å². The highest BCUT2D eigenvalue weighted by atomic mass is 32.1. The molecular formula is C21H13N3O4S. The van der Waals surface area contributed by atoms with Crippen molar-refractivity contribution in [1.29, 1.82) is 5.26 Å². The van der Waals surface area contributed by atoms with Gasteiger partial charge in [-0.1, -0.05) is 24.3 Å². The van der Waals surface area contributed by atoms with E-state index >= 15 is 0 Å². The third kappa shape index (κ3) is 3.81. The SMILES string of the molecule is N#C/C(=C\c1ccc(O)c(O)c1)C(=O)Nc1nc(-c2cc3ccccc3o2)cs1. The van der Waals surface area contributed by atoms with Crippen LogP contribution in [0.4, 0.5) is 5.13 Å². The van der Waals surface area contributed by atoms with Gasteiger partial charge in [0.15, 0.2) is 22.4 Å². The Labute approximate surface area is 168 Å². The molecule has 3 N–H and O–H groups in total. The Morgan fingerprint density at radius 2 is 2.00 bits per heavy atom. The van der Waals surface area contributed by atoms with E-state index < -0.39 is 5.91 Å². The van der Waals surface area contributed by atoms with E-state index in [-0.39, 0.29) is 17.1 Å². The number of aromatic nitrogens is 1. The fraction of sp³-hybridized carbons (Fsp3) is 0. The summed E-state index contributed by atoms with van der Waals surface area (Å²) in [5.41, 5.74) is 1.55. The van der Waals surface area contributed by atoms with E-state index in [1.54, 1.807) is 5.38 Å². The maximum absolute atomic E-state index is 12.4. The number of thiazole rings is 1. The van der Waals surface area contributed by atoms with Gasteiger partial charge in [-0.2, -0.15) is 5.26 Å². The Bertz CT molecular complexity index is 1260. The largest absolute Gasteiger partial charge is 0.504 e. The molecule has 2 aromatic carbocycles. The van der Waals surface area contributed by atoms with Gasteiger partial charge in [0.25, 0.3) is 5.91 Å². The van der Waals surface area contributed by atoms with Crippen molar-refractivity contribution in [3.05, 3.63) is 65.0 Å². The highest BCUT2D eigenvalue weighted by Gasteiger charge is 2.14. The number of nitrogens with zero attached hydrogens (tertiary/aromatic N) is 2. The molecule has 29 heavy (non-hydrogen) atoms. The number of benzene rings is 2. The highest BCUT2D eigenvalue weighted by molar-refractivity contribution is 7.14. The lowest BCUT2D eigenvalue weighted by Crippen LogP contribution is -2.13. The summed E-state index contributed by atoms with van der Waals surface area (Å²) in [7, 11) is 0. The second-order valence-corrected chi connectivity index (χ2v) is 6.92. The summed E-state index contributed by atoms with van der Waals surface area (Å²) >= 11 is 1.21. The van der Waals surface area contributed by atoms with Crippen LogP contribution in [0.3, 0.4) is 0 Å². The van der Waals surface area contributed by atoms with Crippen molar-refractivity contribution in [1.82, 2.24) is 4.98 Å². The van der Waals surface area contributed by atoms with Gasteiger partial charge in [-0.05, 0) is 35.9 Å². The Morgan fingerprint density at radius 3 is 2.76 bits per heavy atom. The number of aromatic hydroxyl groups is 2. The first-order valence-corrected chi connectivity index (χ1v) is 9.31. The molecule has 142 valence electrons. The Balaban J connectivity index is 1.54. The number of carbonyl (C=O) groups excluding carboxylic acids is 1. The molecule has 4 rings (SSSR count). The summed E-state index contributed by atoms with van der Waals surface area (Å²) in [6.07, 6.45) is 1.31. The number of phenols is 2. The smallest absolute Gasteiger partial charge is 0.268 e. The van der Waals surface area contributed by atoms with Gasteiger partial charge in [-0.3, -0.25) is 10.1 Å². The molecule has 7 nitrogen and oxygen atoms in total. The summed E-state index contributed by atoms with van der Waals surface area (Å²) < 4.78 is 5.76. The molecular weight excluding hydrogens is 390 g/mol. The second-order valence-electron chi connectivity index (χ2n) is 6.06. The Morgan fingerprint density at radius 1 is 1.17 bits per heavy atom. The molecule has 0 radical (unpaired) electrons. The predicted octanol–water partition coefficient (Wildman–Crippen LogP) is 4.51. The lowest BCUT2D eigenvalue weighted by atomic mass is 10.1. The van der Waals surface area contributed by atoms with Gasteiger partial charge in [0.1, 0.15) is 22.9 Å². The summed E-state index contributed by atoms with van der Waals surface area (Å²) in [4.78, 5) is 16.8. The average molecular weight is 403 g/mol. The van der Waals surface area contributed by atoms with Crippen molar-refractivity contribution in [3.8, 4) is 29.0 Å². The third-order valence-corrected chi connectivity index (χ3v) is 4.84. The van der Waals surface area contributed by atoms with Crippen LogP contribution < -0.4 is 5.32 Å². The molecule has 8 heteroatoms. The minimum Gasteiger partial charge on any atom is -0.504 e. The number of rotatable bonds is 4. The molecule has 0 aliphatic rings. The first-order valence-electron chi connectivity index (χ1n) is 8.43. The quantitative estimate of drug-likeness (QED) is 0.262. The minimum atomic E-state index is -0.634. The lowest BCUT2D eigenvalue weighted by molar-refractivity contribution is -0.112. The average Bonchev–Trinajstić information content (AvgIpc) is 3.35. The number of hydrogen-bond acceptors (Lipinski definition) is 7. The number of para-hydroxylation sites is 1. The van der Waals surface area contributed by atoms with Gasteiger partial charge < -0.3 is 14.6 Å². The van der Waals surface area contributed by atoms with Crippen LogP contribution in [0.1, 0.15) is 5.56 Å². The third-order valence-electron chi connectivity index (χ3n) is 4.08. The molecule has 0 unspecified atom stereocenters. The number of phenolic OH excluding ortho intramolecular Hbond substituents is 2. The summed E-state index contributed by atoms with van der Waals surface area (Å²) in [6, 6.07) is 15.3. The van der Waals surface area contributed by atoms with E-state index in [1.165, 1.54) is 35.6 Å². The standard InChI is InChI=1S/C21H13N3O4S/c22-10-14(7-12-5-6-16(25)17(26)8-12)20(27)24-21-23-15(11-29-21)19-9-13-3-1-2-4-18(13)28-19/h1-9,11,25-26H,(H,23,24,27)/b14-7+. The number of carbonyl (C=O) groups is 1. The lowest BCUT2D eigenvalue weighted by Gasteiger charge is -2.02. The topological polar surface area (TPSA) is 119 Å². The molecule has 0 aliphatic heterocycles. The van der Waals surface area contributed by atoms with Gasteiger partial charge >= 0.3 is 0 Å². The first kappa shape index (κ1) is 18.3. The van der Waals surface area contributed by atoms with Crippen LogP contribution in [-0.2, 0) is 4.79 Å². The van der Waals surface area contributed by atoms with Crippen LogP contribution in [-0.4, -0.2) is 21.1 Å². The molecule has 0 atom stereocenters. The number of fused-ring (bicyclic) bond motifs is 1. The van der Waals surface area contributed by atoms with Gasteiger partial charge in [0, 0.05) is 10.8 Å². The maximum Gasteiger partial charge on any atom is 0.268 e. The van der Waals surface area contributed by atoms with Crippen LogP contribution in [0.25, 0.3) is 28.5 Å². The minimum absolute atomic E-state index is 0.171. The van der Waals surface area contributed by atoms with Crippen LogP contribution in [0.5, 0.6) is 11.5 Å². The molecule has 2 aromatic heterocycles. The summed E-state index contributed by atoms with van der Waals surface area (Å²) in [6.45, 7) is 0. The van der Waals surface area contributed by atoms with E-state index in [1.807, 2.05) is 36.4 Å². The molecule has 0 fully saturated rings. The highest BCUT2D eigenvalue weighted by Crippen LogP contribution is 2.30.